The summed E-state index contributed by atoms with van der Waals surface area (Å²) in [6, 6.07) is 19.9. The van der Waals surface area contributed by atoms with Crippen LogP contribution in [-0.2, 0) is 19.6 Å². The number of esters is 1. The lowest BCUT2D eigenvalue weighted by atomic mass is 10.2. The normalized spacial score (nSPS) is 11.0. The first-order valence-corrected chi connectivity index (χ1v) is 11.8. The Morgan fingerprint density at radius 1 is 0.909 bits per heavy atom. The topological polar surface area (TPSA) is 90.0 Å². The summed E-state index contributed by atoms with van der Waals surface area (Å²) >= 11 is 0. The highest BCUT2D eigenvalue weighted by atomic mass is 32.2. The zero-order valence-electron chi connectivity index (χ0n) is 18.6. The minimum absolute atomic E-state index is 0.0160. The molecule has 8 heteroatoms. The Bertz CT molecular complexity index is 1250. The van der Waals surface area contributed by atoms with Crippen LogP contribution in [0.1, 0.15) is 28.4 Å². The van der Waals surface area contributed by atoms with Crippen LogP contribution in [0.2, 0.25) is 0 Å². The number of carbonyl (C=O) groups excluding carboxylic acids is 2. The molecule has 0 bridgehead atoms. The summed E-state index contributed by atoms with van der Waals surface area (Å²) in [6.45, 7) is 5.14. The minimum atomic E-state index is -4.19. The lowest BCUT2D eigenvalue weighted by molar-refractivity contribution is -0.121. The molecule has 0 heterocycles. The van der Waals surface area contributed by atoms with Gasteiger partial charge in [0.25, 0.3) is 5.91 Å². The summed E-state index contributed by atoms with van der Waals surface area (Å²) in [7, 11) is -4.19. The van der Waals surface area contributed by atoms with E-state index >= 15 is 0 Å². The summed E-state index contributed by atoms with van der Waals surface area (Å²) in [6.07, 6.45) is 0. The van der Waals surface area contributed by atoms with E-state index < -0.39 is 28.6 Å². The van der Waals surface area contributed by atoms with Crippen molar-refractivity contribution in [2.75, 3.05) is 18.1 Å². The van der Waals surface area contributed by atoms with Gasteiger partial charge >= 0.3 is 16.1 Å². The molecule has 0 aliphatic rings. The molecule has 0 aliphatic heterocycles. The third kappa shape index (κ3) is 5.78. The molecule has 0 saturated heterocycles. The van der Waals surface area contributed by atoms with Gasteiger partial charge in [-0.2, -0.15) is 8.42 Å². The number of ether oxygens (including phenoxy) is 1. The van der Waals surface area contributed by atoms with Crippen molar-refractivity contribution in [2.45, 2.75) is 25.7 Å². The maximum Gasteiger partial charge on any atom is 0.342 e. The van der Waals surface area contributed by atoms with Gasteiger partial charge in [0.2, 0.25) is 0 Å². The molecule has 0 unspecified atom stereocenters. The summed E-state index contributed by atoms with van der Waals surface area (Å²) in [5, 5.41) is 0. The molecule has 0 aromatic heterocycles. The Morgan fingerprint density at radius 3 is 2.27 bits per heavy atom. The van der Waals surface area contributed by atoms with Crippen LogP contribution in [0.4, 0.5) is 5.69 Å². The van der Waals surface area contributed by atoms with Crippen LogP contribution in [0.15, 0.2) is 77.7 Å². The Labute approximate surface area is 193 Å². The number of para-hydroxylation sites is 2. The number of hydrogen-bond acceptors (Lipinski definition) is 6. The largest absolute Gasteiger partial charge is 0.452 e. The van der Waals surface area contributed by atoms with Gasteiger partial charge < -0.3 is 13.8 Å². The fourth-order valence-electron chi connectivity index (χ4n) is 3.24. The number of aryl methyl sites for hydroxylation is 2. The molecule has 33 heavy (non-hydrogen) atoms. The molecule has 3 aromatic rings. The molecule has 0 N–H and O–H groups in total. The summed E-state index contributed by atoms with van der Waals surface area (Å²) in [5.74, 6) is -1.44. The molecule has 7 nitrogen and oxygen atoms in total. The van der Waals surface area contributed by atoms with Gasteiger partial charge in [-0.05, 0) is 62.2 Å². The second-order valence-electron chi connectivity index (χ2n) is 7.35. The van der Waals surface area contributed by atoms with E-state index in [0.29, 0.717) is 17.8 Å². The van der Waals surface area contributed by atoms with Crippen molar-refractivity contribution in [2.24, 2.45) is 0 Å². The number of amides is 1. The van der Waals surface area contributed by atoms with E-state index in [1.54, 1.807) is 62.4 Å². The molecular formula is C25H25NO6S. The Hall–Kier alpha value is -3.65. The number of carbonyl (C=O) groups is 2. The van der Waals surface area contributed by atoms with E-state index in [4.69, 9.17) is 8.92 Å². The number of hydrogen-bond donors (Lipinski definition) is 0. The van der Waals surface area contributed by atoms with Crippen molar-refractivity contribution >= 4 is 27.7 Å². The molecule has 3 aromatic carbocycles. The van der Waals surface area contributed by atoms with Crippen molar-refractivity contribution < 1.29 is 26.9 Å². The third-order valence-electron chi connectivity index (χ3n) is 4.93. The number of nitrogens with zero attached hydrogens (tertiary/aromatic N) is 1. The minimum Gasteiger partial charge on any atom is -0.452 e. The maximum atomic E-state index is 12.9. The smallest absolute Gasteiger partial charge is 0.342 e. The highest BCUT2D eigenvalue weighted by molar-refractivity contribution is 7.87. The summed E-state index contributed by atoms with van der Waals surface area (Å²) in [4.78, 5) is 26.8. The molecule has 0 radical (unpaired) electrons. The molecular weight excluding hydrogens is 442 g/mol. The van der Waals surface area contributed by atoms with Crippen LogP contribution in [0.3, 0.4) is 0 Å². The molecule has 0 fully saturated rings. The van der Waals surface area contributed by atoms with Crippen molar-refractivity contribution in [3.8, 4) is 5.75 Å². The highest BCUT2D eigenvalue weighted by Gasteiger charge is 2.24. The number of rotatable bonds is 8. The molecule has 3 rings (SSSR count). The second-order valence-corrected chi connectivity index (χ2v) is 8.87. The molecule has 0 spiro atoms. The zero-order chi connectivity index (χ0) is 24.0. The molecule has 0 aliphatic carbocycles. The van der Waals surface area contributed by atoms with Gasteiger partial charge in [-0.1, -0.05) is 42.5 Å². The van der Waals surface area contributed by atoms with E-state index in [1.807, 2.05) is 13.0 Å². The first-order chi connectivity index (χ1) is 15.7. The van der Waals surface area contributed by atoms with Gasteiger partial charge in [-0.3, -0.25) is 4.79 Å². The predicted molar refractivity (Wildman–Crippen MR) is 125 cm³/mol. The van der Waals surface area contributed by atoms with Crippen molar-refractivity contribution in [1.82, 2.24) is 0 Å². The van der Waals surface area contributed by atoms with Gasteiger partial charge in [0.05, 0.1) is 0 Å². The highest BCUT2D eigenvalue weighted by Crippen LogP contribution is 2.26. The standard InChI is InChI=1S/C25H25NO6S/c1-4-26(20-10-6-5-7-11-20)24(27)17-31-25(28)21-12-8-9-13-22(21)32-33(29,30)23-16-18(2)14-15-19(23)3/h5-16H,4,17H2,1-3H3. The predicted octanol–water partition coefficient (Wildman–Crippen LogP) is 4.28. The van der Waals surface area contributed by atoms with Crippen LogP contribution in [0.5, 0.6) is 5.75 Å². The van der Waals surface area contributed by atoms with Gasteiger partial charge in [0.15, 0.2) is 12.4 Å². The first kappa shape index (κ1) is 24.0. The van der Waals surface area contributed by atoms with Crippen LogP contribution >= 0.6 is 0 Å². The van der Waals surface area contributed by atoms with Crippen molar-refractivity contribution in [1.29, 1.82) is 0 Å². The fraction of sp³-hybridized carbons (Fsp3) is 0.200. The zero-order valence-corrected chi connectivity index (χ0v) is 19.5. The lowest BCUT2D eigenvalue weighted by Gasteiger charge is -2.21. The second kappa shape index (κ2) is 10.3. The SMILES string of the molecule is CCN(C(=O)COC(=O)c1ccccc1OS(=O)(=O)c1cc(C)ccc1C)c1ccccc1. The number of likely N-dealkylation sites (N-methyl/N-ethyl adjacent to an activating group) is 1. The van der Waals surface area contributed by atoms with Gasteiger partial charge in [-0.25, -0.2) is 4.79 Å². The Morgan fingerprint density at radius 2 is 1.58 bits per heavy atom. The van der Waals surface area contributed by atoms with Gasteiger partial charge in [0, 0.05) is 12.2 Å². The summed E-state index contributed by atoms with van der Waals surface area (Å²) < 4.78 is 36.2. The molecule has 0 saturated carbocycles. The quantitative estimate of drug-likeness (QED) is 0.363. The van der Waals surface area contributed by atoms with E-state index in [-0.39, 0.29) is 16.2 Å². The van der Waals surface area contributed by atoms with Crippen LogP contribution in [-0.4, -0.2) is 33.4 Å². The van der Waals surface area contributed by atoms with Gasteiger partial charge in [-0.15, -0.1) is 0 Å². The lowest BCUT2D eigenvalue weighted by Crippen LogP contribution is -2.34. The average Bonchev–Trinajstić information content (AvgIpc) is 2.80. The van der Waals surface area contributed by atoms with Crippen molar-refractivity contribution in [3.05, 3.63) is 89.5 Å². The number of benzene rings is 3. The Kier molecular flexibility index (Phi) is 7.50. The molecule has 0 atom stereocenters. The Balaban J connectivity index is 1.76. The number of anilines is 1. The van der Waals surface area contributed by atoms with E-state index in [1.165, 1.54) is 23.1 Å². The van der Waals surface area contributed by atoms with Gasteiger partial charge in [0.1, 0.15) is 10.5 Å². The average molecular weight is 468 g/mol. The maximum absolute atomic E-state index is 12.9. The van der Waals surface area contributed by atoms with E-state index in [9.17, 15) is 18.0 Å². The molecule has 1 amide bonds. The molecule has 172 valence electrons. The first-order valence-electron chi connectivity index (χ1n) is 10.4. The van der Waals surface area contributed by atoms with E-state index in [0.717, 1.165) is 5.56 Å². The monoisotopic (exact) mass is 467 g/mol. The fourth-order valence-corrected chi connectivity index (χ4v) is 4.51. The van der Waals surface area contributed by atoms with Crippen LogP contribution in [0.25, 0.3) is 0 Å². The van der Waals surface area contributed by atoms with E-state index in [2.05, 4.69) is 0 Å². The van der Waals surface area contributed by atoms with Crippen LogP contribution < -0.4 is 9.08 Å². The van der Waals surface area contributed by atoms with Crippen LogP contribution in [0, 0.1) is 13.8 Å². The van der Waals surface area contributed by atoms with Crippen molar-refractivity contribution in [3.63, 3.8) is 0 Å². The third-order valence-corrected chi connectivity index (χ3v) is 6.31. The summed E-state index contributed by atoms with van der Waals surface area (Å²) in [5.41, 5.74) is 1.87.